The van der Waals surface area contributed by atoms with E-state index in [4.69, 9.17) is 10.5 Å². The van der Waals surface area contributed by atoms with E-state index in [1.807, 2.05) is 0 Å². The summed E-state index contributed by atoms with van der Waals surface area (Å²) >= 11 is 0. The Balaban J connectivity index is 2.03. The van der Waals surface area contributed by atoms with E-state index in [0.717, 1.165) is 5.56 Å². The first-order valence-electron chi connectivity index (χ1n) is 6.00. The molecule has 100 valence electrons. The van der Waals surface area contributed by atoms with Crippen LogP contribution >= 0.6 is 0 Å². The van der Waals surface area contributed by atoms with Crippen molar-refractivity contribution in [2.75, 3.05) is 6.54 Å². The summed E-state index contributed by atoms with van der Waals surface area (Å²) in [5.74, 6) is 0.236. The lowest BCUT2D eigenvalue weighted by Crippen LogP contribution is -2.07. The van der Waals surface area contributed by atoms with Gasteiger partial charge in [0, 0.05) is 6.54 Å². The van der Waals surface area contributed by atoms with Crippen LogP contribution in [0.4, 0.5) is 8.78 Å². The molecular weight excluding hydrogens is 248 g/mol. The summed E-state index contributed by atoms with van der Waals surface area (Å²) in [4.78, 5) is 0. The highest BCUT2D eigenvalue weighted by molar-refractivity contribution is 5.30. The van der Waals surface area contributed by atoms with Gasteiger partial charge in [-0.15, -0.1) is 0 Å². The minimum absolute atomic E-state index is 0.0622. The van der Waals surface area contributed by atoms with Crippen LogP contribution < -0.4 is 10.5 Å². The molecule has 1 atom stereocenters. The first-order valence-corrected chi connectivity index (χ1v) is 6.00. The summed E-state index contributed by atoms with van der Waals surface area (Å²) in [7, 11) is 0. The van der Waals surface area contributed by atoms with Crippen LogP contribution in [0.5, 0.6) is 5.75 Å². The van der Waals surface area contributed by atoms with E-state index >= 15 is 0 Å². The van der Waals surface area contributed by atoms with Crippen LogP contribution in [-0.2, 0) is 6.61 Å². The van der Waals surface area contributed by atoms with Crippen molar-refractivity contribution in [1.29, 1.82) is 0 Å². The van der Waals surface area contributed by atoms with Crippen molar-refractivity contribution in [2.24, 2.45) is 5.73 Å². The van der Waals surface area contributed by atoms with Crippen LogP contribution in [0.3, 0.4) is 0 Å². The normalized spacial score (nSPS) is 12.2. The SMILES string of the molecule is NCC(F)c1cccc(OCc2cccc(F)c2)c1. The summed E-state index contributed by atoms with van der Waals surface area (Å²) in [6, 6.07) is 12.9. The van der Waals surface area contributed by atoms with Crippen LogP contribution in [0.15, 0.2) is 48.5 Å². The first kappa shape index (κ1) is 13.5. The number of hydrogen-bond acceptors (Lipinski definition) is 2. The molecule has 0 heterocycles. The molecule has 0 aromatic heterocycles. The van der Waals surface area contributed by atoms with E-state index in [1.54, 1.807) is 36.4 Å². The highest BCUT2D eigenvalue weighted by atomic mass is 19.1. The Kier molecular flexibility index (Phi) is 4.47. The predicted molar refractivity (Wildman–Crippen MR) is 70.1 cm³/mol. The van der Waals surface area contributed by atoms with Crippen molar-refractivity contribution in [2.45, 2.75) is 12.8 Å². The maximum Gasteiger partial charge on any atom is 0.137 e. The van der Waals surface area contributed by atoms with Gasteiger partial charge in [-0.1, -0.05) is 24.3 Å². The average molecular weight is 263 g/mol. The lowest BCUT2D eigenvalue weighted by atomic mass is 10.1. The van der Waals surface area contributed by atoms with Gasteiger partial charge in [-0.3, -0.25) is 0 Å². The molecule has 2 rings (SSSR count). The molecule has 0 amide bonds. The van der Waals surface area contributed by atoms with Gasteiger partial charge in [0.15, 0.2) is 0 Å². The minimum Gasteiger partial charge on any atom is -0.489 e. The molecule has 2 aromatic rings. The van der Waals surface area contributed by atoms with Crippen molar-refractivity contribution in [3.63, 3.8) is 0 Å². The molecule has 19 heavy (non-hydrogen) atoms. The van der Waals surface area contributed by atoms with Gasteiger partial charge in [-0.2, -0.15) is 0 Å². The molecule has 0 aliphatic heterocycles. The van der Waals surface area contributed by atoms with E-state index in [0.29, 0.717) is 11.3 Å². The summed E-state index contributed by atoms with van der Waals surface area (Å²) in [6.07, 6.45) is -1.20. The number of hydrogen-bond donors (Lipinski definition) is 1. The van der Waals surface area contributed by atoms with E-state index < -0.39 is 6.17 Å². The molecule has 0 aliphatic carbocycles. The third kappa shape index (κ3) is 3.76. The van der Waals surface area contributed by atoms with Gasteiger partial charge in [0.05, 0.1) is 0 Å². The van der Waals surface area contributed by atoms with Gasteiger partial charge in [0.1, 0.15) is 24.3 Å². The third-order valence-electron chi connectivity index (χ3n) is 2.72. The molecule has 2 N–H and O–H groups in total. The van der Waals surface area contributed by atoms with Gasteiger partial charge in [-0.05, 0) is 35.4 Å². The van der Waals surface area contributed by atoms with Crippen molar-refractivity contribution < 1.29 is 13.5 Å². The Morgan fingerprint density at radius 1 is 1.11 bits per heavy atom. The Hall–Kier alpha value is -1.94. The van der Waals surface area contributed by atoms with E-state index in [-0.39, 0.29) is 19.0 Å². The molecule has 0 saturated carbocycles. The van der Waals surface area contributed by atoms with Gasteiger partial charge in [0.25, 0.3) is 0 Å². The summed E-state index contributed by atoms with van der Waals surface area (Å²) in [6.45, 7) is 0.175. The molecule has 0 spiro atoms. The molecule has 1 unspecified atom stereocenters. The van der Waals surface area contributed by atoms with Gasteiger partial charge >= 0.3 is 0 Å². The number of alkyl halides is 1. The first-order chi connectivity index (χ1) is 9.19. The van der Waals surface area contributed by atoms with Crippen molar-refractivity contribution in [3.8, 4) is 5.75 Å². The van der Waals surface area contributed by atoms with Gasteiger partial charge in [-0.25, -0.2) is 8.78 Å². The number of rotatable bonds is 5. The number of halogens is 2. The summed E-state index contributed by atoms with van der Waals surface area (Å²) in [5, 5.41) is 0. The predicted octanol–water partition coefficient (Wildman–Crippen LogP) is 3.37. The Bertz CT molecular complexity index is 545. The molecule has 0 aliphatic rings. The zero-order valence-corrected chi connectivity index (χ0v) is 10.4. The zero-order valence-electron chi connectivity index (χ0n) is 10.4. The number of ether oxygens (including phenoxy) is 1. The monoisotopic (exact) mass is 263 g/mol. The van der Waals surface area contributed by atoms with Crippen LogP contribution in [0.2, 0.25) is 0 Å². The second-order valence-electron chi connectivity index (χ2n) is 4.19. The summed E-state index contributed by atoms with van der Waals surface area (Å²) in [5.41, 5.74) is 6.49. The summed E-state index contributed by atoms with van der Waals surface area (Å²) < 4.78 is 31.9. The molecule has 4 heteroatoms. The standard InChI is InChI=1S/C15H15F2NO/c16-13-5-1-3-11(7-13)10-19-14-6-2-4-12(8-14)15(17)9-18/h1-8,15H,9-10,18H2. The smallest absolute Gasteiger partial charge is 0.137 e. The number of benzene rings is 2. The van der Waals surface area contributed by atoms with Crippen LogP contribution in [-0.4, -0.2) is 6.54 Å². The molecule has 0 saturated heterocycles. The molecule has 2 aromatic carbocycles. The van der Waals surface area contributed by atoms with E-state index in [9.17, 15) is 8.78 Å². The maximum absolute atomic E-state index is 13.4. The Morgan fingerprint density at radius 2 is 1.89 bits per heavy atom. The largest absolute Gasteiger partial charge is 0.489 e. The fourth-order valence-electron chi connectivity index (χ4n) is 1.73. The topological polar surface area (TPSA) is 35.2 Å². The Labute approximate surface area is 110 Å². The quantitative estimate of drug-likeness (QED) is 0.897. The van der Waals surface area contributed by atoms with E-state index in [1.165, 1.54) is 12.1 Å². The lowest BCUT2D eigenvalue weighted by Gasteiger charge is -2.10. The van der Waals surface area contributed by atoms with Crippen molar-refractivity contribution in [1.82, 2.24) is 0 Å². The zero-order chi connectivity index (χ0) is 13.7. The van der Waals surface area contributed by atoms with Crippen molar-refractivity contribution in [3.05, 3.63) is 65.5 Å². The van der Waals surface area contributed by atoms with Gasteiger partial charge in [0.2, 0.25) is 0 Å². The lowest BCUT2D eigenvalue weighted by molar-refractivity contribution is 0.302. The Morgan fingerprint density at radius 3 is 2.63 bits per heavy atom. The van der Waals surface area contributed by atoms with Crippen molar-refractivity contribution >= 4 is 0 Å². The highest BCUT2D eigenvalue weighted by Gasteiger charge is 2.08. The molecule has 0 fully saturated rings. The highest BCUT2D eigenvalue weighted by Crippen LogP contribution is 2.22. The van der Waals surface area contributed by atoms with E-state index in [2.05, 4.69) is 0 Å². The second-order valence-corrected chi connectivity index (χ2v) is 4.19. The number of nitrogens with two attached hydrogens (primary N) is 1. The van der Waals surface area contributed by atoms with Crippen LogP contribution in [0, 0.1) is 5.82 Å². The minimum atomic E-state index is -1.20. The average Bonchev–Trinajstić information content (AvgIpc) is 2.45. The second kappa shape index (κ2) is 6.29. The van der Waals surface area contributed by atoms with Crippen LogP contribution in [0.25, 0.3) is 0 Å². The maximum atomic E-state index is 13.4. The molecular formula is C15H15F2NO. The fraction of sp³-hybridized carbons (Fsp3) is 0.200. The van der Waals surface area contributed by atoms with Gasteiger partial charge < -0.3 is 10.5 Å². The molecule has 2 nitrogen and oxygen atoms in total. The molecule has 0 radical (unpaired) electrons. The fourth-order valence-corrected chi connectivity index (χ4v) is 1.73. The molecule has 0 bridgehead atoms. The van der Waals surface area contributed by atoms with Crippen LogP contribution in [0.1, 0.15) is 17.3 Å². The third-order valence-corrected chi connectivity index (χ3v) is 2.72.